The quantitative estimate of drug-likeness (QED) is 0.612. The van der Waals surface area contributed by atoms with Gasteiger partial charge in [-0.2, -0.15) is 0 Å². The van der Waals surface area contributed by atoms with Gasteiger partial charge in [0, 0.05) is 31.3 Å². The summed E-state index contributed by atoms with van der Waals surface area (Å²) in [5.41, 5.74) is 3.75. The number of ether oxygens (including phenoxy) is 1. The molecule has 0 bridgehead atoms. The average Bonchev–Trinajstić information content (AvgIpc) is 2.57. The predicted molar refractivity (Wildman–Crippen MR) is 116 cm³/mol. The van der Waals surface area contributed by atoms with Gasteiger partial charge in [0.05, 0.1) is 6.10 Å². The standard InChI is InChI=1S/C20H27ClN2O.2ClH/c1-15(11-16-7-9-17(10-8-16)13-22-2)23-14-20(24-3)18-5-4-6-19(21)12-18;;/h4-10,12,15,20,22-23H,11,13-14H2,1-3H3;2*1H. The van der Waals surface area contributed by atoms with Gasteiger partial charge in [0.15, 0.2) is 0 Å². The summed E-state index contributed by atoms with van der Waals surface area (Å²) in [6.07, 6.45) is 0.996. The van der Waals surface area contributed by atoms with Crippen molar-refractivity contribution in [3.8, 4) is 0 Å². The summed E-state index contributed by atoms with van der Waals surface area (Å²) in [5, 5.41) is 7.47. The smallest absolute Gasteiger partial charge is 0.0946 e. The molecule has 2 aromatic rings. The monoisotopic (exact) mass is 418 g/mol. The number of methoxy groups -OCH3 is 1. The minimum absolute atomic E-state index is 0. The Morgan fingerprint density at radius 3 is 2.27 bits per heavy atom. The van der Waals surface area contributed by atoms with Crippen LogP contribution in [-0.2, 0) is 17.7 Å². The molecule has 0 amide bonds. The maximum Gasteiger partial charge on any atom is 0.0946 e. The fourth-order valence-electron chi connectivity index (χ4n) is 2.78. The molecule has 0 aliphatic rings. The molecule has 0 spiro atoms. The summed E-state index contributed by atoms with van der Waals surface area (Å²) >= 11 is 6.07. The van der Waals surface area contributed by atoms with Crippen molar-refractivity contribution < 1.29 is 4.74 Å². The van der Waals surface area contributed by atoms with Crippen LogP contribution in [0.3, 0.4) is 0 Å². The van der Waals surface area contributed by atoms with Gasteiger partial charge >= 0.3 is 0 Å². The predicted octanol–water partition coefficient (Wildman–Crippen LogP) is 4.81. The average molecular weight is 420 g/mol. The Morgan fingerprint density at radius 1 is 1.04 bits per heavy atom. The van der Waals surface area contributed by atoms with Crippen molar-refractivity contribution in [1.82, 2.24) is 10.6 Å². The number of hydrogen-bond acceptors (Lipinski definition) is 3. The van der Waals surface area contributed by atoms with Crippen LogP contribution in [0.15, 0.2) is 48.5 Å². The van der Waals surface area contributed by atoms with Crippen LogP contribution in [0.2, 0.25) is 5.02 Å². The third-order valence-corrected chi connectivity index (χ3v) is 4.34. The van der Waals surface area contributed by atoms with E-state index < -0.39 is 0 Å². The topological polar surface area (TPSA) is 33.3 Å². The molecule has 2 rings (SSSR count). The highest BCUT2D eigenvalue weighted by Crippen LogP contribution is 2.20. The maximum atomic E-state index is 6.07. The Balaban J connectivity index is 0.00000312. The molecule has 0 fully saturated rings. The molecule has 2 aromatic carbocycles. The summed E-state index contributed by atoms with van der Waals surface area (Å²) < 4.78 is 5.61. The molecule has 6 heteroatoms. The van der Waals surface area contributed by atoms with Gasteiger partial charge in [0.25, 0.3) is 0 Å². The van der Waals surface area contributed by atoms with Crippen LogP contribution < -0.4 is 10.6 Å². The minimum atomic E-state index is 0. The lowest BCUT2D eigenvalue weighted by molar-refractivity contribution is 0.0999. The molecular formula is C20H29Cl3N2O. The molecule has 26 heavy (non-hydrogen) atoms. The van der Waals surface area contributed by atoms with Crippen molar-refractivity contribution in [2.24, 2.45) is 0 Å². The Morgan fingerprint density at radius 2 is 1.69 bits per heavy atom. The largest absolute Gasteiger partial charge is 0.375 e. The Bertz CT molecular complexity index is 623. The van der Waals surface area contributed by atoms with Gasteiger partial charge in [-0.15, -0.1) is 24.8 Å². The molecule has 0 aromatic heterocycles. The highest BCUT2D eigenvalue weighted by molar-refractivity contribution is 6.30. The molecular weight excluding hydrogens is 391 g/mol. The number of hydrogen-bond donors (Lipinski definition) is 2. The summed E-state index contributed by atoms with van der Waals surface area (Å²) in [6, 6.07) is 17.0. The zero-order chi connectivity index (χ0) is 17.4. The van der Waals surface area contributed by atoms with Crippen LogP contribution in [0.5, 0.6) is 0 Å². The van der Waals surface area contributed by atoms with Gasteiger partial charge in [-0.25, -0.2) is 0 Å². The Hall–Kier alpha value is -0.810. The Labute approximate surface area is 174 Å². The van der Waals surface area contributed by atoms with Crippen molar-refractivity contribution in [3.63, 3.8) is 0 Å². The molecule has 0 heterocycles. The van der Waals surface area contributed by atoms with E-state index in [2.05, 4.69) is 41.8 Å². The van der Waals surface area contributed by atoms with Crippen LogP contribution in [0.1, 0.15) is 29.7 Å². The van der Waals surface area contributed by atoms with E-state index in [-0.39, 0.29) is 30.9 Å². The fraction of sp³-hybridized carbons (Fsp3) is 0.400. The molecule has 2 unspecified atom stereocenters. The van der Waals surface area contributed by atoms with E-state index in [9.17, 15) is 0 Å². The van der Waals surface area contributed by atoms with Gasteiger partial charge in [-0.3, -0.25) is 0 Å². The zero-order valence-corrected chi connectivity index (χ0v) is 17.9. The summed E-state index contributed by atoms with van der Waals surface area (Å²) in [6.45, 7) is 3.87. The number of halogens is 3. The highest BCUT2D eigenvalue weighted by Gasteiger charge is 2.12. The SMILES string of the molecule is CNCc1ccc(CC(C)NCC(OC)c2cccc(Cl)c2)cc1.Cl.Cl. The zero-order valence-electron chi connectivity index (χ0n) is 15.5. The maximum absolute atomic E-state index is 6.07. The molecule has 0 radical (unpaired) electrons. The minimum Gasteiger partial charge on any atom is -0.375 e. The normalized spacial score (nSPS) is 12.6. The van der Waals surface area contributed by atoms with Gasteiger partial charge in [0.1, 0.15) is 0 Å². The van der Waals surface area contributed by atoms with Crippen molar-refractivity contribution in [1.29, 1.82) is 0 Å². The fourth-order valence-corrected chi connectivity index (χ4v) is 2.97. The molecule has 2 atom stereocenters. The third-order valence-electron chi connectivity index (χ3n) is 4.10. The van der Waals surface area contributed by atoms with Crippen LogP contribution in [-0.4, -0.2) is 26.7 Å². The molecule has 0 saturated heterocycles. The second-order valence-corrected chi connectivity index (χ2v) is 6.58. The molecule has 146 valence electrons. The van der Waals surface area contributed by atoms with E-state index in [1.165, 1.54) is 11.1 Å². The van der Waals surface area contributed by atoms with Gasteiger partial charge in [0.2, 0.25) is 0 Å². The summed E-state index contributed by atoms with van der Waals surface area (Å²) in [5.74, 6) is 0. The van der Waals surface area contributed by atoms with E-state index >= 15 is 0 Å². The van der Waals surface area contributed by atoms with E-state index in [4.69, 9.17) is 16.3 Å². The van der Waals surface area contributed by atoms with Crippen molar-refractivity contribution in [2.75, 3.05) is 20.7 Å². The molecule has 0 aliphatic carbocycles. The first-order valence-corrected chi connectivity index (χ1v) is 8.74. The lowest BCUT2D eigenvalue weighted by Gasteiger charge is -2.20. The second-order valence-electron chi connectivity index (χ2n) is 6.14. The van der Waals surface area contributed by atoms with Gasteiger partial charge < -0.3 is 15.4 Å². The van der Waals surface area contributed by atoms with E-state index in [0.29, 0.717) is 6.04 Å². The number of rotatable bonds is 9. The van der Waals surface area contributed by atoms with Gasteiger partial charge in [-0.05, 0) is 49.2 Å². The van der Waals surface area contributed by atoms with E-state index in [0.717, 1.165) is 30.1 Å². The van der Waals surface area contributed by atoms with E-state index in [1.807, 2.05) is 31.3 Å². The first-order chi connectivity index (χ1) is 11.6. The summed E-state index contributed by atoms with van der Waals surface area (Å²) in [4.78, 5) is 0. The van der Waals surface area contributed by atoms with E-state index in [1.54, 1.807) is 7.11 Å². The first-order valence-electron chi connectivity index (χ1n) is 8.36. The lowest BCUT2D eigenvalue weighted by Crippen LogP contribution is -2.32. The number of nitrogens with one attached hydrogen (secondary N) is 2. The number of benzene rings is 2. The Kier molecular flexibility index (Phi) is 13.0. The van der Waals surface area contributed by atoms with Crippen LogP contribution in [0.25, 0.3) is 0 Å². The van der Waals surface area contributed by atoms with Crippen molar-refractivity contribution in [2.45, 2.75) is 32.0 Å². The highest BCUT2D eigenvalue weighted by atomic mass is 35.5. The van der Waals surface area contributed by atoms with Crippen molar-refractivity contribution >= 4 is 36.4 Å². The lowest BCUT2D eigenvalue weighted by atomic mass is 10.0. The van der Waals surface area contributed by atoms with Gasteiger partial charge in [-0.1, -0.05) is 48.0 Å². The molecule has 2 N–H and O–H groups in total. The van der Waals surface area contributed by atoms with Crippen LogP contribution in [0.4, 0.5) is 0 Å². The first kappa shape index (κ1) is 25.2. The molecule has 3 nitrogen and oxygen atoms in total. The molecule has 0 aliphatic heterocycles. The molecule has 0 saturated carbocycles. The van der Waals surface area contributed by atoms with Crippen LogP contribution >= 0.6 is 36.4 Å². The van der Waals surface area contributed by atoms with Crippen LogP contribution in [0, 0.1) is 0 Å². The third kappa shape index (κ3) is 8.26. The summed E-state index contributed by atoms with van der Waals surface area (Å²) in [7, 11) is 3.70. The second kappa shape index (κ2) is 13.4. The van der Waals surface area contributed by atoms with Crippen molar-refractivity contribution in [3.05, 3.63) is 70.2 Å².